The summed E-state index contributed by atoms with van der Waals surface area (Å²) in [5.41, 5.74) is 1.10. The molecule has 0 bridgehead atoms. The van der Waals surface area contributed by atoms with Gasteiger partial charge < -0.3 is 14.4 Å². The second-order valence-corrected chi connectivity index (χ2v) is 7.84. The maximum absolute atomic E-state index is 12.2. The van der Waals surface area contributed by atoms with Gasteiger partial charge in [-0.2, -0.15) is 0 Å². The number of nitrogens with zero attached hydrogens (tertiary/aromatic N) is 1. The SMILES string of the molecule is CCOC(=O)C1CCN(C(=O)COC(=O)c2cccc(CS(C)=O)c2)CC1. The summed E-state index contributed by atoms with van der Waals surface area (Å²) in [5, 5.41) is 0. The van der Waals surface area contributed by atoms with Gasteiger partial charge in [-0.15, -0.1) is 0 Å². The van der Waals surface area contributed by atoms with Crippen LogP contribution < -0.4 is 0 Å². The van der Waals surface area contributed by atoms with Crippen molar-refractivity contribution in [2.75, 3.05) is 32.6 Å². The number of hydrogen-bond donors (Lipinski definition) is 0. The highest BCUT2D eigenvalue weighted by atomic mass is 32.2. The van der Waals surface area contributed by atoms with E-state index >= 15 is 0 Å². The number of carbonyl (C=O) groups is 3. The molecule has 1 aromatic rings. The molecule has 7 nitrogen and oxygen atoms in total. The molecular weight excluding hydrogens is 370 g/mol. The van der Waals surface area contributed by atoms with Crippen molar-refractivity contribution in [1.82, 2.24) is 4.90 Å². The van der Waals surface area contributed by atoms with Gasteiger partial charge in [-0.25, -0.2) is 4.79 Å². The summed E-state index contributed by atoms with van der Waals surface area (Å²) in [6, 6.07) is 6.70. The molecule has 0 aliphatic carbocycles. The third-order valence-corrected chi connectivity index (χ3v) is 5.07. The molecule has 0 aromatic heterocycles. The lowest BCUT2D eigenvalue weighted by molar-refractivity contribution is -0.151. The number of likely N-dealkylation sites (tertiary alicyclic amines) is 1. The smallest absolute Gasteiger partial charge is 0.338 e. The number of hydrogen-bond acceptors (Lipinski definition) is 6. The average Bonchev–Trinajstić information content (AvgIpc) is 2.66. The summed E-state index contributed by atoms with van der Waals surface area (Å²) in [6.45, 7) is 2.66. The number of benzene rings is 1. The lowest BCUT2D eigenvalue weighted by Crippen LogP contribution is -2.42. The Morgan fingerprint density at radius 3 is 2.52 bits per heavy atom. The second kappa shape index (κ2) is 10.2. The van der Waals surface area contributed by atoms with Gasteiger partial charge >= 0.3 is 11.9 Å². The van der Waals surface area contributed by atoms with E-state index in [9.17, 15) is 18.6 Å². The number of carbonyl (C=O) groups excluding carboxylic acids is 3. The lowest BCUT2D eigenvalue weighted by Gasteiger charge is -2.30. The molecule has 148 valence electrons. The monoisotopic (exact) mass is 395 g/mol. The number of ether oxygens (including phenoxy) is 2. The molecule has 27 heavy (non-hydrogen) atoms. The molecular formula is C19H25NO6S. The van der Waals surface area contributed by atoms with Gasteiger partial charge in [0.15, 0.2) is 6.61 Å². The average molecular weight is 395 g/mol. The molecule has 1 unspecified atom stereocenters. The quantitative estimate of drug-likeness (QED) is 0.651. The number of piperidine rings is 1. The van der Waals surface area contributed by atoms with Crippen molar-refractivity contribution >= 4 is 28.6 Å². The van der Waals surface area contributed by atoms with Gasteiger partial charge in [-0.05, 0) is 37.5 Å². The zero-order chi connectivity index (χ0) is 19.8. The Kier molecular flexibility index (Phi) is 7.97. The molecule has 0 radical (unpaired) electrons. The van der Waals surface area contributed by atoms with Crippen molar-refractivity contribution in [2.45, 2.75) is 25.5 Å². The minimum atomic E-state index is -1.01. The van der Waals surface area contributed by atoms with Crippen LogP contribution >= 0.6 is 0 Å². The van der Waals surface area contributed by atoms with Crippen LogP contribution in [0.25, 0.3) is 0 Å². The van der Waals surface area contributed by atoms with Gasteiger partial charge in [-0.1, -0.05) is 12.1 Å². The Labute approximate surface area is 161 Å². The van der Waals surface area contributed by atoms with Gasteiger partial charge in [0.25, 0.3) is 5.91 Å². The van der Waals surface area contributed by atoms with E-state index in [1.807, 2.05) is 0 Å². The zero-order valence-corrected chi connectivity index (χ0v) is 16.5. The first-order chi connectivity index (χ1) is 12.9. The third-order valence-electron chi connectivity index (χ3n) is 4.33. The summed E-state index contributed by atoms with van der Waals surface area (Å²) in [4.78, 5) is 37.7. The van der Waals surface area contributed by atoms with E-state index in [1.54, 1.807) is 42.3 Å². The molecule has 1 atom stereocenters. The van der Waals surface area contributed by atoms with E-state index in [1.165, 1.54) is 0 Å². The maximum Gasteiger partial charge on any atom is 0.338 e. The van der Waals surface area contributed by atoms with E-state index in [0.717, 1.165) is 5.56 Å². The molecule has 1 aliphatic rings. The Bertz CT molecular complexity index is 712. The molecule has 1 aliphatic heterocycles. The first-order valence-corrected chi connectivity index (χ1v) is 10.6. The Balaban J connectivity index is 1.81. The summed E-state index contributed by atoms with van der Waals surface area (Å²) in [5.74, 6) is -0.910. The van der Waals surface area contributed by atoms with Crippen molar-refractivity contribution in [3.63, 3.8) is 0 Å². The van der Waals surface area contributed by atoms with Gasteiger partial charge in [0, 0.05) is 35.9 Å². The highest BCUT2D eigenvalue weighted by molar-refractivity contribution is 7.83. The molecule has 0 N–H and O–H groups in total. The molecule has 0 spiro atoms. The normalized spacial score (nSPS) is 15.9. The molecule has 0 saturated carbocycles. The van der Waals surface area contributed by atoms with Gasteiger partial charge in [0.1, 0.15) is 0 Å². The number of esters is 2. The molecule has 1 heterocycles. The van der Waals surface area contributed by atoms with Crippen LogP contribution in [0.1, 0.15) is 35.7 Å². The van der Waals surface area contributed by atoms with Crippen molar-refractivity contribution in [3.8, 4) is 0 Å². The van der Waals surface area contributed by atoms with E-state index in [4.69, 9.17) is 9.47 Å². The Morgan fingerprint density at radius 2 is 1.89 bits per heavy atom. The fraction of sp³-hybridized carbons (Fsp3) is 0.526. The minimum Gasteiger partial charge on any atom is -0.466 e. The highest BCUT2D eigenvalue weighted by Gasteiger charge is 2.28. The third kappa shape index (κ3) is 6.46. The Hall–Kier alpha value is -2.22. The van der Waals surface area contributed by atoms with E-state index < -0.39 is 16.8 Å². The van der Waals surface area contributed by atoms with Crippen molar-refractivity contribution in [3.05, 3.63) is 35.4 Å². The summed E-state index contributed by atoms with van der Waals surface area (Å²) in [6.07, 6.45) is 2.69. The predicted octanol–water partition coefficient (Wildman–Crippen LogP) is 1.52. The fourth-order valence-electron chi connectivity index (χ4n) is 2.95. The van der Waals surface area contributed by atoms with Crippen molar-refractivity contribution in [1.29, 1.82) is 0 Å². The number of rotatable bonds is 7. The predicted molar refractivity (Wildman–Crippen MR) is 100 cm³/mol. The first-order valence-electron chi connectivity index (χ1n) is 8.91. The molecule has 1 saturated heterocycles. The van der Waals surface area contributed by atoms with Crippen LogP contribution in [0.4, 0.5) is 0 Å². The van der Waals surface area contributed by atoms with Crippen LogP contribution in [0.3, 0.4) is 0 Å². The van der Waals surface area contributed by atoms with Crippen LogP contribution in [0.5, 0.6) is 0 Å². The summed E-state index contributed by atoms with van der Waals surface area (Å²) >= 11 is 0. The van der Waals surface area contributed by atoms with Gasteiger partial charge in [-0.3, -0.25) is 13.8 Å². The topological polar surface area (TPSA) is 90.0 Å². The van der Waals surface area contributed by atoms with Crippen molar-refractivity contribution < 1.29 is 28.1 Å². The number of amides is 1. The van der Waals surface area contributed by atoms with Crippen LogP contribution in [-0.2, 0) is 35.6 Å². The van der Waals surface area contributed by atoms with Crippen LogP contribution in [0.2, 0.25) is 0 Å². The lowest BCUT2D eigenvalue weighted by atomic mass is 9.97. The summed E-state index contributed by atoms with van der Waals surface area (Å²) < 4.78 is 21.4. The maximum atomic E-state index is 12.2. The zero-order valence-electron chi connectivity index (χ0n) is 15.6. The van der Waals surface area contributed by atoms with Crippen molar-refractivity contribution in [2.24, 2.45) is 5.92 Å². The van der Waals surface area contributed by atoms with Gasteiger partial charge in [0.05, 0.1) is 18.1 Å². The van der Waals surface area contributed by atoms with E-state index in [-0.39, 0.29) is 24.4 Å². The molecule has 8 heteroatoms. The fourth-order valence-corrected chi connectivity index (χ4v) is 3.60. The summed E-state index contributed by atoms with van der Waals surface area (Å²) in [7, 11) is -1.01. The van der Waals surface area contributed by atoms with Crippen LogP contribution in [0, 0.1) is 5.92 Å². The van der Waals surface area contributed by atoms with Gasteiger partial charge in [0.2, 0.25) is 0 Å². The van der Waals surface area contributed by atoms with E-state index in [2.05, 4.69) is 0 Å². The molecule has 2 rings (SSSR count). The standard InChI is InChI=1S/C19H25NO6S/c1-3-25-18(22)15-7-9-20(10-8-15)17(21)12-26-19(23)16-6-4-5-14(11-16)13-27(2)24/h4-6,11,15H,3,7-10,12-13H2,1-2H3. The molecule has 1 aromatic carbocycles. The molecule has 1 amide bonds. The van der Waals surface area contributed by atoms with E-state index in [0.29, 0.717) is 43.9 Å². The molecule has 1 fully saturated rings. The largest absolute Gasteiger partial charge is 0.466 e. The minimum absolute atomic E-state index is 0.177. The second-order valence-electron chi connectivity index (χ2n) is 6.40. The highest BCUT2D eigenvalue weighted by Crippen LogP contribution is 2.19. The van der Waals surface area contributed by atoms with Crippen LogP contribution in [0.15, 0.2) is 24.3 Å². The van der Waals surface area contributed by atoms with Crippen LogP contribution in [-0.4, -0.2) is 59.5 Å². The first kappa shape index (κ1) is 21.1. The Morgan fingerprint density at radius 1 is 1.19 bits per heavy atom.